The Bertz CT molecular complexity index is 1060. The standard InChI is InChI=1S/C26H28F6N2O3/c27-25(28,29)19-13-18(14-20(15-19)26(30,31)32)23(35)34-9-6-21(33-10-7-24(36,37)8-11-33)16-22(34)12-17-4-2-1-3-5-17/h1-5,13-15,21-22,36-37H,6-12,16H2. The van der Waals surface area contributed by atoms with Gasteiger partial charge in [0.2, 0.25) is 0 Å². The van der Waals surface area contributed by atoms with Crippen LogP contribution in [0.5, 0.6) is 0 Å². The summed E-state index contributed by atoms with van der Waals surface area (Å²) in [5.41, 5.74) is -2.81. The van der Waals surface area contributed by atoms with E-state index in [1.54, 1.807) is 0 Å². The lowest BCUT2D eigenvalue weighted by Gasteiger charge is -2.46. The number of carbonyl (C=O) groups excluding carboxylic acids is 1. The van der Waals surface area contributed by atoms with E-state index in [-0.39, 0.29) is 31.5 Å². The molecule has 2 fully saturated rings. The highest BCUT2D eigenvalue weighted by molar-refractivity contribution is 5.95. The molecule has 0 saturated carbocycles. The topological polar surface area (TPSA) is 64.0 Å². The SMILES string of the molecule is O=C(c1cc(C(F)(F)F)cc(C(F)(F)F)c1)N1CCC(N2CCC(O)(O)CC2)CC1Cc1ccccc1. The molecule has 2 atom stereocenters. The first-order chi connectivity index (χ1) is 17.2. The monoisotopic (exact) mass is 530 g/mol. The van der Waals surface area contributed by atoms with Crippen LogP contribution < -0.4 is 0 Å². The van der Waals surface area contributed by atoms with Crippen LogP contribution >= 0.6 is 0 Å². The summed E-state index contributed by atoms with van der Waals surface area (Å²) < 4.78 is 80.3. The number of likely N-dealkylation sites (tertiary alicyclic amines) is 2. The van der Waals surface area contributed by atoms with Gasteiger partial charge in [0.25, 0.3) is 5.91 Å². The Kier molecular flexibility index (Phi) is 7.60. The number of benzene rings is 2. The molecule has 2 saturated heterocycles. The van der Waals surface area contributed by atoms with Crippen LogP contribution in [-0.2, 0) is 18.8 Å². The molecule has 2 heterocycles. The van der Waals surface area contributed by atoms with Gasteiger partial charge in [-0.25, -0.2) is 0 Å². The van der Waals surface area contributed by atoms with E-state index in [9.17, 15) is 41.4 Å². The molecule has 2 aliphatic heterocycles. The van der Waals surface area contributed by atoms with E-state index in [2.05, 4.69) is 4.90 Å². The van der Waals surface area contributed by atoms with Crippen LogP contribution in [-0.4, -0.2) is 63.4 Å². The van der Waals surface area contributed by atoms with Crippen LogP contribution in [0.25, 0.3) is 0 Å². The Morgan fingerprint density at radius 2 is 1.46 bits per heavy atom. The van der Waals surface area contributed by atoms with Crippen molar-refractivity contribution in [1.82, 2.24) is 9.80 Å². The van der Waals surface area contributed by atoms with Crippen LogP contribution in [0.1, 0.15) is 52.7 Å². The molecule has 2 aliphatic rings. The maximum Gasteiger partial charge on any atom is 0.416 e. The molecule has 5 nitrogen and oxygen atoms in total. The van der Waals surface area contributed by atoms with Crippen LogP contribution in [0.2, 0.25) is 0 Å². The van der Waals surface area contributed by atoms with Gasteiger partial charge >= 0.3 is 12.4 Å². The average molecular weight is 531 g/mol. The molecule has 0 bridgehead atoms. The molecule has 2 N–H and O–H groups in total. The van der Waals surface area contributed by atoms with Gasteiger partial charge in [-0.1, -0.05) is 30.3 Å². The third kappa shape index (κ3) is 6.63. The van der Waals surface area contributed by atoms with Crippen molar-refractivity contribution in [2.24, 2.45) is 0 Å². The smallest absolute Gasteiger partial charge is 0.366 e. The first-order valence-corrected chi connectivity index (χ1v) is 12.1. The van der Waals surface area contributed by atoms with E-state index in [0.717, 1.165) is 5.56 Å². The van der Waals surface area contributed by atoms with Gasteiger partial charge in [-0.05, 0) is 43.0 Å². The molecule has 4 rings (SSSR count). The molecule has 0 aromatic heterocycles. The van der Waals surface area contributed by atoms with Gasteiger partial charge in [0.05, 0.1) is 11.1 Å². The maximum absolute atomic E-state index is 13.4. The van der Waals surface area contributed by atoms with Gasteiger partial charge in [0.15, 0.2) is 5.79 Å². The fourth-order valence-corrected chi connectivity index (χ4v) is 5.20. The minimum Gasteiger partial charge on any atom is -0.366 e. The number of aliphatic hydroxyl groups is 2. The Morgan fingerprint density at radius 3 is 2.00 bits per heavy atom. The molecule has 0 radical (unpaired) electrons. The van der Waals surface area contributed by atoms with Crippen LogP contribution in [0.3, 0.4) is 0 Å². The Balaban J connectivity index is 1.62. The number of nitrogens with zero attached hydrogens (tertiary/aromatic N) is 2. The van der Waals surface area contributed by atoms with E-state index in [4.69, 9.17) is 0 Å². The molecular weight excluding hydrogens is 502 g/mol. The van der Waals surface area contributed by atoms with Crippen LogP contribution in [0.4, 0.5) is 26.3 Å². The fourth-order valence-electron chi connectivity index (χ4n) is 5.20. The number of rotatable bonds is 4. The number of amides is 1. The number of alkyl halides is 6. The maximum atomic E-state index is 13.4. The predicted molar refractivity (Wildman–Crippen MR) is 122 cm³/mol. The summed E-state index contributed by atoms with van der Waals surface area (Å²) in [5, 5.41) is 19.7. The third-order valence-corrected chi connectivity index (χ3v) is 7.21. The Morgan fingerprint density at radius 1 is 0.892 bits per heavy atom. The number of hydrogen-bond donors (Lipinski definition) is 2. The fraction of sp³-hybridized carbons (Fsp3) is 0.500. The van der Waals surface area contributed by atoms with Gasteiger partial charge in [-0.2, -0.15) is 26.3 Å². The van der Waals surface area contributed by atoms with Gasteiger partial charge in [-0.15, -0.1) is 0 Å². The lowest BCUT2D eigenvalue weighted by atomic mass is 9.89. The third-order valence-electron chi connectivity index (χ3n) is 7.21. The van der Waals surface area contributed by atoms with Crippen molar-refractivity contribution < 1.29 is 41.4 Å². The predicted octanol–water partition coefficient (Wildman–Crippen LogP) is 4.72. The normalized spacial score (nSPS) is 23.2. The van der Waals surface area contributed by atoms with E-state index in [1.807, 2.05) is 30.3 Å². The minimum absolute atomic E-state index is 0.0129. The van der Waals surface area contributed by atoms with Crippen molar-refractivity contribution in [2.75, 3.05) is 19.6 Å². The largest absolute Gasteiger partial charge is 0.416 e. The molecular formula is C26H28F6N2O3. The van der Waals surface area contributed by atoms with Gasteiger partial charge < -0.3 is 15.1 Å². The lowest BCUT2D eigenvalue weighted by Crippen LogP contribution is -2.55. The number of carbonyl (C=O) groups is 1. The zero-order valence-electron chi connectivity index (χ0n) is 19.9. The second-order valence-corrected chi connectivity index (χ2v) is 9.83. The lowest BCUT2D eigenvalue weighted by molar-refractivity contribution is -0.192. The van der Waals surface area contributed by atoms with Crippen molar-refractivity contribution in [1.29, 1.82) is 0 Å². The van der Waals surface area contributed by atoms with Gasteiger partial charge in [0, 0.05) is 50.1 Å². The van der Waals surface area contributed by atoms with E-state index < -0.39 is 46.8 Å². The summed E-state index contributed by atoms with van der Waals surface area (Å²) in [7, 11) is 0. The van der Waals surface area contributed by atoms with Crippen molar-refractivity contribution >= 4 is 5.91 Å². The molecule has 1 amide bonds. The molecule has 0 spiro atoms. The van der Waals surface area contributed by atoms with Crippen molar-refractivity contribution in [3.8, 4) is 0 Å². The quantitative estimate of drug-likeness (QED) is 0.444. The van der Waals surface area contributed by atoms with Gasteiger partial charge in [-0.3, -0.25) is 9.69 Å². The van der Waals surface area contributed by atoms with Crippen LogP contribution in [0.15, 0.2) is 48.5 Å². The number of hydrogen-bond acceptors (Lipinski definition) is 4. The molecule has 2 unspecified atom stereocenters. The van der Waals surface area contributed by atoms with Gasteiger partial charge in [0.1, 0.15) is 0 Å². The summed E-state index contributed by atoms with van der Waals surface area (Å²) in [6.45, 7) is 1.02. The summed E-state index contributed by atoms with van der Waals surface area (Å²) >= 11 is 0. The average Bonchev–Trinajstić information content (AvgIpc) is 2.83. The Labute approximate surface area is 210 Å². The summed E-state index contributed by atoms with van der Waals surface area (Å²) in [5.74, 6) is -2.60. The first-order valence-electron chi connectivity index (χ1n) is 12.1. The highest BCUT2D eigenvalue weighted by atomic mass is 19.4. The van der Waals surface area contributed by atoms with Crippen molar-refractivity contribution in [3.63, 3.8) is 0 Å². The molecule has 11 heteroatoms. The van der Waals surface area contributed by atoms with E-state index in [0.29, 0.717) is 44.5 Å². The Hall–Kier alpha value is -2.63. The van der Waals surface area contributed by atoms with Crippen LogP contribution in [0, 0.1) is 0 Å². The molecule has 202 valence electrons. The first kappa shape index (κ1) is 27.4. The number of piperidine rings is 2. The summed E-state index contributed by atoms with van der Waals surface area (Å²) in [4.78, 5) is 16.9. The highest BCUT2D eigenvalue weighted by Crippen LogP contribution is 2.37. The molecule has 37 heavy (non-hydrogen) atoms. The second-order valence-electron chi connectivity index (χ2n) is 9.83. The van der Waals surface area contributed by atoms with Crippen molar-refractivity contribution in [2.45, 2.75) is 62.3 Å². The molecule has 2 aromatic rings. The summed E-state index contributed by atoms with van der Waals surface area (Å²) in [6.07, 6.45) is -8.46. The van der Waals surface area contributed by atoms with E-state index in [1.165, 1.54) is 4.90 Å². The minimum atomic E-state index is -5.05. The second kappa shape index (κ2) is 10.3. The molecule has 0 aliphatic carbocycles. The van der Waals surface area contributed by atoms with Crippen molar-refractivity contribution in [3.05, 3.63) is 70.8 Å². The molecule has 2 aromatic carbocycles. The number of halogens is 6. The summed E-state index contributed by atoms with van der Waals surface area (Å²) in [6, 6.07) is 9.66. The highest BCUT2D eigenvalue weighted by Gasteiger charge is 2.41. The zero-order valence-corrected chi connectivity index (χ0v) is 19.9. The zero-order chi connectivity index (χ0) is 27.0. The van der Waals surface area contributed by atoms with E-state index >= 15 is 0 Å².